The average Bonchev–Trinajstić information content (AvgIpc) is 2.48. The molecule has 1 aromatic rings. The number of non-ortho nitro benzene ring substituents is 1. The van der Waals surface area contributed by atoms with Gasteiger partial charge in [0.15, 0.2) is 0 Å². The SMILES string of the molecule is CNC(C)(C#N)CCCCOc1cc([N+](=O)[O-])ccc1Cl. The molecule has 1 N–H and O–H groups in total. The number of nitro benzene ring substituents is 1. The zero-order chi connectivity index (χ0) is 15.9. The molecule has 1 rings (SSSR count). The summed E-state index contributed by atoms with van der Waals surface area (Å²) in [5.41, 5.74) is -0.593. The first-order valence-corrected chi connectivity index (χ1v) is 6.96. The van der Waals surface area contributed by atoms with Crippen molar-refractivity contribution in [3.8, 4) is 11.8 Å². The molecule has 0 aliphatic rings. The number of benzene rings is 1. The van der Waals surface area contributed by atoms with E-state index in [0.717, 1.165) is 12.8 Å². The summed E-state index contributed by atoms with van der Waals surface area (Å²) >= 11 is 5.93. The molecule has 1 unspecified atom stereocenters. The molecule has 1 atom stereocenters. The highest BCUT2D eigenvalue weighted by Crippen LogP contribution is 2.29. The van der Waals surface area contributed by atoms with Crippen molar-refractivity contribution in [3.63, 3.8) is 0 Å². The van der Waals surface area contributed by atoms with Gasteiger partial charge in [-0.05, 0) is 39.3 Å². The van der Waals surface area contributed by atoms with Crippen molar-refractivity contribution >= 4 is 17.3 Å². The molecule has 0 aliphatic carbocycles. The summed E-state index contributed by atoms with van der Waals surface area (Å²) < 4.78 is 5.47. The maximum Gasteiger partial charge on any atom is 0.273 e. The van der Waals surface area contributed by atoms with Gasteiger partial charge in [0.1, 0.15) is 11.3 Å². The second-order valence-electron chi connectivity index (χ2n) is 4.87. The lowest BCUT2D eigenvalue weighted by atomic mass is 9.97. The van der Waals surface area contributed by atoms with E-state index in [9.17, 15) is 10.1 Å². The maximum absolute atomic E-state index is 10.7. The Balaban J connectivity index is 2.45. The van der Waals surface area contributed by atoms with Crippen LogP contribution in [-0.2, 0) is 0 Å². The first-order chi connectivity index (χ1) is 9.91. The Morgan fingerprint density at radius 3 is 2.81 bits per heavy atom. The van der Waals surface area contributed by atoms with Crippen LogP contribution in [0.2, 0.25) is 5.02 Å². The van der Waals surface area contributed by atoms with E-state index >= 15 is 0 Å². The van der Waals surface area contributed by atoms with E-state index in [0.29, 0.717) is 23.8 Å². The molecule has 0 bridgehead atoms. The fourth-order valence-corrected chi connectivity index (χ4v) is 1.89. The van der Waals surface area contributed by atoms with Crippen molar-refractivity contribution in [2.75, 3.05) is 13.7 Å². The molecule has 21 heavy (non-hydrogen) atoms. The highest BCUT2D eigenvalue weighted by atomic mass is 35.5. The smallest absolute Gasteiger partial charge is 0.273 e. The van der Waals surface area contributed by atoms with Crippen LogP contribution in [0.25, 0.3) is 0 Å². The zero-order valence-electron chi connectivity index (χ0n) is 12.1. The molecule has 0 amide bonds. The lowest BCUT2D eigenvalue weighted by Gasteiger charge is -2.20. The molecule has 6 nitrogen and oxygen atoms in total. The third-order valence-electron chi connectivity index (χ3n) is 3.25. The van der Waals surface area contributed by atoms with Gasteiger partial charge in [-0.2, -0.15) is 5.26 Å². The lowest BCUT2D eigenvalue weighted by molar-refractivity contribution is -0.384. The van der Waals surface area contributed by atoms with Crippen LogP contribution < -0.4 is 10.1 Å². The van der Waals surface area contributed by atoms with Gasteiger partial charge in [0, 0.05) is 6.07 Å². The molecule has 0 aromatic heterocycles. The molecule has 0 saturated carbocycles. The van der Waals surface area contributed by atoms with Crippen LogP contribution in [0, 0.1) is 21.4 Å². The summed E-state index contributed by atoms with van der Waals surface area (Å²) in [4.78, 5) is 10.2. The number of nitrogens with one attached hydrogen (secondary N) is 1. The van der Waals surface area contributed by atoms with Crippen molar-refractivity contribution in [1.82, 2.24) is 5.32 Å². The van der Waals surface area contributed by atoms with Crippen LogP contribution >= 0.6 is 11.6 Å². The van der Waals surface area contributed by atoms with Crippen LogP contribution in [0.4, 0.5) is 5.69 Å². The molecule has 0 saturated heterocycles. The highest BCUT2D eigenvalue weighted by Gasteiger charge is 2.20. The van der Waals surface area contributed by atoms with Gasteiger partial charge in [0.25, 0.3) is 5.69 Å². The average molecular weight is 312 g/mol. The summed E-state index contributed by atoms with van der Waals surface area (Å²) in [5.74, 6) is 0.308. The number of hydrogen-bond acceptors (Lipinski definition) is 5. The quantitative estimate of drug-likeness (QED) is 0.452. The van der Waals surface area contributed by atoms with Crippen LogP contribution in [0.5, 0.6) is 5.75 Å². The van der Waals surface area contributed by atoms with Gasteiger partial charge >= 0.3 is 0 Å². The molecule has 0 fully saturated rings. The molecule has 7 heteroatoms. The number of nitriles is 1. The molecule has 0 aliphatic heterocycles. The fraction of sp³-hybridized carbons (Fsp3) is 0.500. The van der Waals surface area contributed by atoms with E-state index in [-0.39, 0.29) is 5.69 Å². The van der Waals surface area contributed by atoms with Gasteiger partial charge in [-0.15, -0.1) is 0 Å². The van der Waals surface area contributed by atoms with E-state index in [2.05, 4.69) is 11.4 Å². The number of unbranched alkanes of at least 4 members (excludes halogenated alkanes) is 1. The number of ether oxygens (including phenoxy) is 1. The van der Waals surface area contributed by atoms with Gasteiger partial charge in [-0.1, -0.05) is 11.6 Å². The number of halogens is 1. The minimum Gasteiger partial charge on any atom is -0.492 e. The summed E-state index contributed by atoms with van der Waals surface area (Å²) in [6.07, 6.45) is 2.24. The maximum atomic E-state index is 10.7. The molecular formula is C14H18ClN3O3. The monoisotopic (exact) mass is 311 g/mol. The van der Waals surface area contributed by atoms with Crippen molar-refractivity contribution < 1.29 is 9.66 Å². The Bertz CT molecular complexity index is 545. The van der Waals surface area contributed by atoms with E-state index in [1.54, 1.807) is 7.05 Å². The molecule has 0 spiro atoms. The third-order valence-corrected chi connectivity index (χ3v) is 3.57. The number of rotatable bonds is 8. The van der Waals surface area contributed by atoms with Crippen LogP contribution in [0.3, 0.4) is 0 Å². The zero-order valence-corrected chi connectivity index (χ0v) is 12.8. The first-order valence-electron chi connectivity index (χ1n) is 6.59. The predicted molar refractivity (Wildman–Crippen MR) is 80.5 cm³/mol. The summed E-state index contributed by atoms with van der Waals surface area (Å²) in [6, 6.07) is 6.31. The minimum absolute atomic E-state index is 0.0540. The highest BCUT2D eigenvalue weighted by molar-refractivity contribution is 6.32. The Morgan fingerprint density at radius 2 is 2.24 bits per heavy atom. The van der Waals surface area contributed by atoms with Crippen molar-refractivity contribution in [2.45, 2.75) is 31.7 Å². The molecule has 114 valence electrons. The lowest BCUT2D eigenvalue weighted by Crippen LogP contribution is -2.37. The molecule has 1 aromatic carbocycles. The molecule has 0 radical (unpaired) electrons. The van der Waals surface area contributed by atoms with E-state index < -0.39 is 10.5 Å². The summed E-state index contributed by atoms with van der Waals surface area (Å²) in [7, 11) is 1.75. The van der Waals surface area contributed by atoms with Gasteiger partial charge < -0.3 is 10.1 Å². The predicted octanol–water partition coefficient (Wildman–Crippen LogP) is 3.30. The van der Waals surface area contributed by atoms with Gasteiger partial charge in [-0.25, -0.2) is 0 Å². The van der Waals surface area contributed by atoms with Crippen molar-refractivity contribution in [2.24, 2.45) is 0 Å². The van der Waals surface area contributed by atoms with E-state index in [1.807, 2.05) is 6.92 Å². The second kappa shape index (κ2) is 7.81. The fourth-order valence-electron chi connectivity index (χ4n) is 1.72. The first kappa shape index (κ1) is 17.2. The van der Waals surface area contributed by atoms with E-state index in [4.69, 9.17) is 21.6 Å². The topological polar surface area (TPSA) is 88.2 Å². The normalized spacial score (nSPS) is 13.2. The number of hydrogen-bond donors (Lipinski definition) is 1. The Hall–Kier alpha value is -1.84. The van der Waals surface area contributed by atoms with Crippen LogP contribution in [0.1, 0.15) is 26.2 Å². The Kier molecular flexibility index (Phi) is 6.40. The van der Waals surface area contributed by atoms with Gasteiger partial charge in [0.05, 0.1) is 28.7 Å². The summed E-state index contributed by atoms with van der Waals surface area (Å²) in [6.45, 7) is 2.23. The molecule has 0 heterocycles. The van der Waals surface area contributed by atoms with Gasteiger partial charge in [0.2, 0.25) is 0 Å². The third kappa shape index (κ3) is 5.21. The summed E-state index contributed by atoms with van der Waals surface area (Å²) in [5, 5.41) is 23.0. The Morgan fingerprint density at radius 1 is 1.52 bits per heavy atom. The molecular weight excluding hydrogens is 294 g/mol. The van der Waals surface area contributed by atoms with Crippen molar-refractivity contribution in [1.29, 1.82) is 5.26 Å². The van der Waals surface area contributed by atoms with E-state index in [1.165, 1.54) is 18.2 Å². The number of nitrogens with zero attached hydrogens (tertiary/aromatic N) is 2. The number of nitro groups is 1. The van der Waals surface area contributed by atoms with Crippen LogP contribution in [-0.4, -0.2) is 24.1 Å². The van der Waals surface area contributed by atoms with Gasteiger partial charge in [-0.3, -0.25) is 10.1 Å². The minimum atomic E-state index is -0.539. The largest absolute Gasteiger partial charge is 0.492 e. The van der Waals surface area contributed by atoms with Crippen molar-refractivity contribution in [3.05, 3.63) is 33.3 Å². The second-order valence-corrected chi connectivity index (χ2v) is 5.28. The Labute approximate surface area is 128 Å². The van der Waals surface area contributed by atoms with Crippen LogP contribution in [0.15, 0.2) is 18.2 Å². The standard InChI is InChI=1S/C14H18ClN3O3/c1-14(10-16,17-2)7-3-4-8-21-13-9-11(18(19)20)5-6-12(13)15/h5-6,9,17H,3-4,7-8H2,1-2H3.